The first-order valence-electron chi connectivity index (χ1n) is 8.06. The first kappa shape index (κ1) is 16.1. The van der Waals surface area contributed by atoms with Crippen molar-refractivity contribution < 1.29 is 4.79 Å². The molecule has 1 aliphatic rings. The number of likely N-dealkylation sites (tertiary alicyclic amines) is 1. The maximum absolute atomic E-state index is 11.8. The highest BCUT2D eigenvalue weighted by molar-refractivity contribution is 6.99. The second-order valence-electron chi connectivity index (χ2n) is 6.25. The summed E-state index contributed by atoms with van der Waals surface area (Å²) in [5.74, 6) is 0.690. The van der Waals surface area contributed by atoms with E-state index < -0.39 is 0 Å². The molecule has 0 spiro atoms. The van der Waals surface area contributed by atoms with E-state index in [0.29, 0.717) is 12.2 Å². The smallest absolute Gasteiger partial charge is 0.272 e. The van der Waals surface area contributed by atoms with Gasteiger partial charge in [0.25, 0.3) is 5.91 Å². The molecule has 6 heteroatoms. The normalized spacial score (nSPS) is 16.4. The third-order valence-electron chi connectivity index (χ3n) is 4.35. The van der Waals surface area contributed by atoms with Gasteiger partial charge in [-0.3, -0.25) is 9.69 Å². The Morgan fingerprint density at radius 3 is 2.61 bits per heavy atom. The molecule has 1 aromatic carbocycles. The highest BCUT2D eigenvalue weighted by Gasteiger charge is 2.15. The maximum atomic E-state index is 11.8. The van der Waals surface area contributed by atoms with Gasteiger partial charge in [0, 0.05) is 13.1 Å². The molecule has 1 N–H and O–H groups in total. The van der Waals surface area contributed by atoms with Gasteiger partial charge in [0.15, 0.2) is 5.69 Å². The molecule has 0 radical (unpaired) electrons. The number of rotatable bonds is 5. The van der Waals surface area contributed by atoms with E-state index in [9.17, 15) is 4.79 Å². The van der Waals surface area contributed by atoms with Gasteiger partial charge in [-0.15, -0.1) is 0 Å². The highest BCUT2D eigenvalue weighted by atomic mass is 32.1. The molecule has 1 aromatic heterocycles. The minimum Gasteiger partial charge on any atom is -0.347 e. The summed E-state index contributed by atoms with van der Waals surface area (Å²) < 4.78 is 7.76. The van der Waals surface area contributed by atoms with Crippen molar-refractivity contribution >= 4 is 17.6 Å². The van der Waals surface area contributed by atoms with Crippen LogP contribution < -0.4 is 5.32 Å². The summed E-state index contributed by atoms with van der Waals surface area (Å²) in [6, 6.07) is 8.48. The van der Waals surface area contributed by atoms with Crippen molar-refractivity contribution in [2.45, 2.75) is 32.9 Å². The number of nitrogens with one attached hydrogen (secondary N) is 1. The van der Waals surface area contributed by atoms with Crippen molar-refractivity contribution in [2.75, 3.05) is 13.1 Å². The van der Waals surface area contributed by atoms with E-state index in [4.69, 9.17) is 0 Å². The Kier molecular flexibility index (Phi) is 5.35. The number of carbonyl (C=O) groups is 1. The lowest BCUT2D eigenvalue weighted by Gasteiger charge is -2.30. The first-order chi connectivity index (χ1) is 11.2. The first-order valence-corrected chi connectivity index (χ1v) is 8.79. The number of hydrogen-bond acceptors (Lipinski definition) is 5. The van der Waals surface area contributed by atoms with Crippen LogP contribution in [0.2, 0.25) is 0 Å². The monoisotopic (exact) mass is 330 g/mol. The molecule has 1 aliphatic heterocycles. The van der Waals surface area contributed by atoms with Crippen LogP contribution in [0.5, 0.6) is 0 Å². The molecule has 1 fully saturated rings. The molecule has 0 bridgehead atoms. The standard InChI is InChI=1S/C17H22N4OS/c1-13-6-8-21(9-7-13)12-15-4-2-14(3-5-15)10-18-17(22)16-11-19-23-20-16/h2-5,11,13H,6-10,12H2,1H3,(H,18,22). The van der Waals surface area contributed by atoms with E-state index in [1.165, 1.54) is 37.7 Å². The summed E-state index contributed by atoms with van der Waals surface area (Å²) in [4.78, 5) is 14.3. The van der Waals surface area contributed by atoms with Crippen LogP contribution in [0.25, 0.3) is 0 Å². The third-order valence-corrected chi connectivity index (χ3v) is 4.83. The molecule has 0 saturated carbocycles. The van der Waals surface area contributed by atoms with Crippen molar-refractivity contribution in [1.82, 2.24) is 19.0 Å². The molecule has 0 aliphatic carbocycles. The van der Waals surface area contributed by atoms with Gasteiger partial charge in [-0.25, -0.2) is 0 Å². The van der Waals surface area contributed by atoms with Crippen molar-refractivity contribution in [3.8, 4) is 0 Å². The fraction of sp³-hybridized carbons (Fsp3) is 0.471. The molecule has 2 heterocycles. The quantitative estimate of drug-likeness (QED) is 0.916. The summed E-state index contributed by atoms with van der Waals surface area (Å²) >= 11 is 1.04. The molecule has 5 nitrogen and oxygen atoms in total. The van der Waals surface area contributed by atoms with E-state index in [1.54, 1.807) is 0 Å². The maximum Gasteiger partial charge on any atom is 0.272 e. The fourth-order valence-corrected chi connectivity index (χ4v) is 3.19. The van der Waals surface area contributed by atoms with Gasteiger partial charge >= 0.3 is 0 Å². The highest BCUT2D eigenvalue weighted by Crippen LogP contribution is 2.18. The van der Waals surface area contributed by atoms with Crippen molar-refractivity contribution in [3.05, 3.63) is 47.3 Å². The van der Waals surface area contributed by atoms with Crippen molar-refractivity contribution in [2.24, 2.45) is 5.92 Å². The molecule has 122 valence electrons. The summed E-state index contributed by atoms with van der Waals surface area (Å²) in [6.07, 6.45) is 4.09. The van der Waals surface area contributed by atoms with Gasteiger partial charge in [0.1, 0.15) is 0 Å². The average molecular weight is 330 g/mol. The van der Waals surface area contributed by atoms with Crippen LogP contribution in [0.4, 0.5) is 0 Å². The van der Waals surface area contributed by atoms with Crippen molar-refractivity contribution in [1.29, 1.82) is 0 Å². The molecule has 1 saturated heterocycles. The summed E-state index contributed by atoms with van der Waals surface area (Å²) in [5, 5.41) is 2.86. The molecule has 0 unspecified atom stereocenters. The van der Waals surface area contributed by atoms with Crippen LogP contribution in [0.15, 0.2) is 30.5 Å². The van der Waals surface area contributed by atoms with Gasteiger partial charge < -0.3 is 5.32 Å². The second-order valence-corrected chi connectivity index (χ2v) is 6.81. The zero-order valence-corrected chi connectivity index (χ0v) is 14.2. The number of amides is 1. The number of hydrogen-bond donors (Lipinski definition) is 1. The number of carbonyl (C=O) groups excluding carboxylic acids is 1. The Bertz CT molecular complexity index is 619. The summed E-state index contributed by atoms with van der Waals surface area (Å²) in [6.45, 7) is 6.26. The molecular weight excluding hydrogens is 308 g/mol. The Hall–Kier alpha value is -1.79. The number of piperidine rings is 1. The Labute approximate surface area is 141 Å². The van der Waals surface area contributed by atoms with Crippen LogP contribution >= 0.6 is 11.7 Å². The van der Waals surface area contributed by atoms with Crippen LogP contribution in [0, 0.1) is 5.92 Å². The largest absolute Gasteiger partial charge is 0.347 e. The average Bonchev–Trinajstić information content (AvgIpc) is 3.11. The molecule has 1 amide bonds. The van der Waals surface area contributed by atoms with E-state index >= 15 is 0 Å². The lowest BCUT2D eigenvalue weighted by atomic mass is 9.99. The Morgan fingerprint density at radius 2 is 1.96 bits per heavy atom. The Balaban J connectivity index is 1.48. The molecule has 0 atom stereocenters. The number of benzene rings is 1. The van der Waals surface area contributed by atoms with Crippen molar-refractivity contribution in [3.63, 3.8) is 0 Å². The zero-order chi connectivity index (χ0) is 16.1. The van der Waals surface area contributed by atoms with E-state index in [2.05, 4.69) is 50.2 Å². The minimum absolute atomic E-state index is 0.176. The second kappa shape index (κ2) is 7.66. The SMILES string of the molecule is CC1CCN(Cc2ccc(CNC(=O)c3cnsn3)cc2)CC1. The lowest BCUT2D eigenvalue weighted by molar-refractivity contribution is 0.0947. The van der Waals surface area contributed by atoms with Crippen LogP contribution in [0.1, 0.15) is 41.4 Å². The fourth-order valence-electron chi connectivity index (χ4n) is 2.78. The van der Waals surface area contributed by atoms with Gasteiger partial charge in [-0.2, -0.15) is 8.75 Å². The van der Waals surface area contributed by atoms with Gasteiger partial charge in [0.2, 0.25) is 0 Å². The molecule has 2 aromatic rings. The third kappa shape index (κ3) is 4.59. The van der Waals surface area contributed by atoms with Gasteiger partial charge in [-0.05, 0) is 43.0 Å². The van der Waals surface area contributed by atoms with E-state index in [1.807, 2.05) is 0 Å². The molecule has 23 heavy (non-hydrogen) atoms. The van der Waals surface area contributed by atoms with Crippen LogP contribution in [-0.4, -0.2) is 32.6 Å². The van der Waals surface area contributed by atoms with Crippen LogP contribution in [0.3, 0.4) is 0 Å². The number of nitrogens with zero attached hydrogens (tertiary/aromatic N) is 3. The van der Waals surface area contributed by atoms with Crippen LogP contribution in [-0.2, 0) is 13.1 Å². The predicted molar refractivity (Wildman–Crippen MR) is 91.2 cm³/mol. The van der Waals surface area contributed by atoms with Gasteiger partial charge in [0.05, 0.1) is 17.9 Å². The minimum atomic E-state index is -0.176. The summed E-state index contributed by atoms with van der Waals surface area (Å²) in [5.41, 5.74) is 2.81. The summed E-state index contributed by atoms with van der Waals surface area (Å²) in [7, 11) is 0. The molecule has 3 rings (SSSR count). The van der Waals surface area contributed by atoms with Gasteiger partial charge in [-0.1, -0.05) is 31.2 Å². The topological polar surface area (TPSA) is 58.1 Å². The van der Waals surface area contributed by atoms with E-state index in [-0.39, 0.29) is 5.91 Å². The number of aromatic nitrogens is 2. The molecular formula is C17H22N4OS. The predicted octanol–water partition coefficient (Wildman–Crippen LogP) is 2.70. The van der Waals surface area contributed by atoms with E-state index in [0.717, 1.165) is 29.8 Å². The zero-order valence-electron chi connectivity index (χ0n) is 13.4. The Morgan fingerprint density at radius 1 is 1.26 bits per heavy atom. The lowest BCUT2D eigenvalue weighted by Crippen LogP contribution is -2.32.